The SMILES string of the molecule is O=C(O)c1ccc(CNC(C(=O)OC2CCN(Cc3ccccc3)CC2)c2ccccc2)s1. The van der Waals surface area contributed by atoms with Crippen LogP contribution in [0, 0.1) is 0 Å². The molecule has 1 fully saturated rings. The van der Waals surface area contributed by atoms with Crippen LogP contribution in [-0.4, -0.2) is 41.1 Å². The van der Waals surface area contributed by atoms with Crippen LogP contribution in [0.3, 0.4) is 0 Å². The molecule has 7 heteroatoms. The zero-order valence-electron chi connectivity index (χ0n) is 18.4. The monoisotopic (exact) mass is 464 g/mol. The molecule has 3 aromatic rings. The first-order valence-electron chi connectivity index (χ1n) is 11.2. The van der Waals surface area contributed by atoms with Crippen LogP contribution in [0.2, 0.25) is 0 Å². The maximum absolute atomic E-state index is 13.1. The Hall–Kier alpha value is -3.00. The molecule has 2 aromatic carbocycles. The lowest BCUT2D eigenvalue weighted by molar-refractivity contribution is -0.154. The minimum absolute atomic E-state index is 0.0992. The maximum atomic E-state index is 13.1. The third-order valence-corrected chi connectivity index (χ3v) is 6.86. The fourth-order valence-electron chi connectivity index (χ4n) is 4.03. The van der Waals surface area contributed by atoms with E-state index in [-0.39, 0.29) is 17.0 Å². The van der Waals surface area contributed by atoms with Crippen LogP contribution in [0.1, 0.15) is 44.6 Å². The van der Waals surface area contributed by atoms with Crippen molar-refractivity contribution in [2.75, 3.05) is 13.1 Å². The van der Waals surface area contributed by atoms with Gasteiger partial charge in [-0.3, -0.25) is 10.2 Å². The molecular formula is C26H28N2O4S. The van der Waals surface area contributed by atoms with Crippen LogP contribution in [0.15, 0.2) is 72.8 Å². The Bertz CT molecular complexity index is 1050. The quantitative estimate of drug-likeness (QED) is 0.455. The van der Waals surface area contributed by atoms with Crippen molar-refractivity contribution in [3.8, 4) is 0 Å². The molecule has 1 saturated heterocycles. The number of nitrogens with one attached hydrogen (secondary N) is 1. The molecule has 0 saturated carbocycles. The number of hydrogen-bond donors (Lipinski definition) is 2. The van der Waals surface area contributed by atoms with Crippen molar-refractivity contribution in [3.63, 3.8) is 0 Å². The normalized spacial score (nSPS) is 15.8. The second kappa shape index (κ2) is 11.2. The Morgan fingerprint density at radius 2 is 1.67 bits per heavy atom. The molecule has 172 valence electrons. The molecule has 2 heterocycles. The number of hydrogen-bond acceptors (Lipinski definition) is 6. The molecule has 6 nitrogen and oxygen atoms in total. The maximum Gasteiger partial charge on any atom is 0.345 e. The van der Waals surface area contributed by atoms with Crippen molar-refractivity contribution in [2.24, 2.45) is 0 Å². The first-order chi connectivity index (χ1) is 16.1. The summed E-state index contributed by atoms with van der Waals surface area (Å²) in [6, 6.07) is 22.7. The van der Waals surface area contributed by atoms with E-state index in [9.17, 15) is 9.59 Å². The second-order valence-corrected chi connectivity index (χ2v) is 9.36. The molecule has 0 aliphatic carbocycles. The van der Waals surface area contributed by atoms with Gasteiger partial charge in [0.25, 0.3) is 0 Å². The third-order valence-electron chi connectivity index (χ3n) is 5.79. The summed E-state index contributed by atoms with van der Waals surface area (Å²) in [5, 5.41) is 12.4. The Labute approximate surface area is 197 Å². The van der Waals surface area contributed by atoms with Gasteiger partial charge in [0.05, 0.1) is 0 Å². The van der Waals surface area contributed by atoms with E-state index in [2.05, 4.69) is 34.5 Å². The Morgan fingerprint density at radius 3 is 2.30 bits per heavy atom. The van der Waals surface area contributed by atoms with Crippen molar-refractivity contribution in [3.05, 3.63) is 93.7 Å². The molecule has 1 aliphatic rings. The van der Waals surface area contributed by atoms with Crippen molar-refractivity contribution < 1.29 is 19.4 Å². The van der Waals surface area contributed by atoms with Gasteiger partial charge in [-0.2, -0.15) is 0 Å². The number of carboxylic acid groups (broad SMARTS) is 1. The highest BCUT2D eigenvalue weighted by molar-refractivity contribution is 7.13. The molecule has 1 aromatic heterocycles. The fourth-order valence-corrected chi connectivity index (χ4v) is 4.83. The minimum Gasteiger partial charge on any atom is -0.477 e. The topological polar surface area (TPSA) is 78.9 Å². The zero-order valence-corrected chi connectivity index (χ0v) is 19.2. The minimum atomic E-state index is -0.941. The molecule has 1 atom stereocenters. The predicted molar refractivity (Wildman–Crippen MR) is 128 cm³/mol. The number of carbonyl (C=O) groups is 2. The smallest absolute Gasteiger partial charge is 0.345 e. The summed E-state index contributed by atoms with van der Waals surface area (Å²) in [6.07, 6.45) is 1.53. The van der Waals surface area contributed by atoms with E-state index < -0.39 is 12.0 Å². The number of benzene rings is 2. The molecule has 33 heavy (non-hydrogen) atoms. The van der Waals surface area contributed by atoms with Crippen molar-refractivity contribution in [1.82, 2.24) is 10.2 Å². The summed E-state index contributed by atoms with van der Waals surface area (Å²) in [6.45, 7) is 3.09. The summed E-state index contributed by atoms with van der Waals surface area (Å²) in [5.41, 5.74) is 2.12. The van der Waals surface area contributed by atoms with Gasteiger partial charge in [-0.1, -0.05) is 60.7 Å². The molecule has 0 bridgehead atoms. The van der Waals surface area contributed by atoms with E-state index in [0.717, 1.165) is 42.9 Å². The van der Waals surface area contributed by atoms with Crippen molar-refractivity contribution >= 4 is 23.3 Å². The number of thiophene rings is 1. The lowest BCUT2D eigenvalue weighted by Gasteiger charge is -2.32. The van der Waals surface area contributed by atoms with E-state index in [1.165, 1.54) is 16.9 Å². The van der Waals surface area contributed by atoms with E-state index in [1.807, 2.05) is 36.4 Å². The Morgan fingerprint density at radius 1 is 1.00 bits per heavy atom. The Balaban J connectivity index is 1.34. The van der Waals surface area contributed by atoms with Gasteiger partial charge in [0.2, 0.25) is 0 Å². The standard InChI is InChI=1S/C26H28N2O4S/c29-25(30)23-12-11-22(33-23)17-27-24(20-9-5-2-6-10-20)26(31)32-21-13-15-28(16-14-21)18-19-7-3-1-4-8-19/h1-12,21,24,27H,13-18H2,(H,29,30). The highest BCUT2D eigenvalue weighted by Gasteiger charge is 2.27. The van der Waals surface area contributed by atoms with Gasteiger partial charge >= 0.3 is 11.9 Å². The van der Waals surface area contributed by atoms with E-state index in [4.69, 9.17) is 9.84 Å². The molecule has 0 radical (unpaired) electrons. The van der Waals surface area contributed by atoms with Crippen LogP contribution in [0.4, 0.5) is 0 Å². The third kappa shape index (κ3) is 6.51. The van der Waals surface area contributed by atoms with Gasteiger partial charge in [0, 0.05) is 31.1 Å². The number of piperidine rings is 1. The van der Waals surface area contributed by atoms with Gasteiger partial charge in [-0.15, -0.1) is 11.3 Å². The molecular weight excluding hydrogens is 436 g/mol. The first-order valence-corrected chi connectivity index (χ1v) is 12.0. The lowest BCUT2D eigenvalue weighted by atomic mass is 10.0. The number of likely N-dealkylation sites (tertiary alicyclic amines) is 1. The first kappa shape index (κ1) is 23.2. The van der Waals surface area contributed by atoms with Gasteiger partial charge in [0.15, 0.2) is 0 Å². The number of esters is 1. The van der Waals surface area contributed by atoms with Gasteiger partial charge in [-0.25, -0.2) is 9.59 Å². The highest BCUT2D eigenvalue weighted by atomic mass is 32.1. The van der Waals surface area contributed by atoms with Gasteiger partial charge in [0.1, 0.15) is 17.0 Å². The van der Waals surface area contributed by atoms with Gasteiger partial charge < -0.3 is 9.84 Å². The second-order valence-electron chi connectivity index (χ2n) is 8.19. The summed E-state index contributed by atoms with van der Waals surface area (Å²) in [7, 11) is 0. The van der Waals surface area contributed by atoms with Crippen LogP contribution in [-0.2, 0) is 22.6 Å². The molecule has 0 amide bonds. The van der Waals surface area contributed by atoms with Crippen LogP contribution >= 0.6 is 11.3 Å². The largest absolute Gasteiger partial charge is 0.477 e. The van der Waals surface area contributed by atoms with E-state index >= 15 is 0 Å². The number of ether oxygens (including phenoxy) is 1. The summed E-state index contributed by atoms with van der Waals surface area (Å²) >= 11 is 1.21. The number of carbonyl (C=O) groups excluding carboxylic acids is 1. The fraction of sp³-hybridized carbons (Fsp3) is 0.308. The van der Waals surface area contributed by atoms with E-state index in [1.54, 1.807) is 12.1 Å². The molecule has 1 unspecified atom stereocenters. The van der Waals surface area contributed by atoms with Gasteiger partial charge in [-0.05, 0) is 36.1 Å². The van der Waals surface area contributed by atoms with Crippen molar-refractivity contribution in [1.29, 1.82) is 0 Å². The van der Waals surface area contributed by atoms with Crippen molar-refractivity contribution in [2.45, 2.75) is 38.1 Å². The number of carboxylic acids is 1. The highest BCUT2D eigenvalue weighted by Crippen LogP contribution is 2.22. The zero-order chi connectivity index (χ0) is 23.0. The summed E-state index contributed by atoms with van der Waals surface area (Å²) in [5.74, 6) is -1.23. The van der Waals surface area contributed by atoms with E-state index in [0.29, 0.717) is 6.54 Å². The average Bonchev–Trinajstić information content (AvgIpc) is 3.31. The van der Waals surface area contributed by atoms with Crippen LogP contribution in [0.5, 0.6) is 0 Å². The lowest BCUT2D eigenvalue weighted by Crippen LogP contribution is -2.39. The summed E-state index contributed by atoms with van der Waals surface area (Å²) in [4.78, 5) is 27.8. The molecule has 1 aliphatic heterocycles. The number of nitrogens with zero attached hydrogens (tertiary/aromatic N) is 1. The summed E-state index contributed by atoms with van der Waals surface area (Å²) < 4.78 is 5.92. The molecule has 0 spiro atoms. The molecule has 2 N–H and O–H groups in total. The number of rotatable bonds is 9. The molecule has 4 rings (SSSR count). The number of aromatic carboxylic acids is 1. The Kier molecular flexibility index (Phi) is 7.88. The van der Waals surface area contributed by atoms with Crippen LogP contribution < -0.4 is 5.32 Å². The average molecular weight is 465 g/mol. The van der Waals surface area contributed by atoms with Crippen LogP contribution in [0.25, 0.3) is 0 Å². The predicted octanol–water partition coefficient (Wildman–Crippen LogP) is 4.49.